The van der Waals surface area contributed by atoms with E-state index < -0.39 is 5.82 Å². The first-order valence-electron chi connectivity index (χ1n) is 7.12. The van der Waals surface area contributed by atoms with Crippen LogP contribution in [0.1, 0.15) is 28.5 Å². The van der Waals surface area contributed by atoms with E-state index in [1.807, 2.05) is 6.20 Å². The van der Waals surface area contributed by atoms with Gasteiger partial charge in [-0.1, -0.05) is 17.3 Å². The molecule has 0 aliphatic carbocycles. The number of benzene rings is 1. The molecule has 7 heteroatoms. The normalized spacial score (nSPS) is 17.9. The number of nitrogens with zero attached hydrogens (tertiary/aromatic N) is 4. The van der Waals surface area contributed by atoms with Crippen molar-refractivity contribution in [1.29, 1.82) is 0 Å². The van der Waals surface area contributed by atoms with E-state index in [-0.39, 0.29) is 17.5 Å². The molecule has 1 amide bonds. The van der Waals surface area contributed by atoms with Crippen LogP contribution in [0.3, 0.4) is 0 Å². The van der Waals surface area contributed by atoms with Crippen molar-refractivity contribution in [3.8, 4) is 0 Å². The number of carbonyl (C=O) groups is 1. The van der Waals surface area contributed by atoms with Crippen molar-refractivity contribution in [1.82, 2.24) is 19.9 Å². The molecule has 1 aromatic carbocycles. The van der Waals surface area contributed by atoms with Gasteiger partial charge in [0.05, 0.1) is 24.4 Å². The third-order valence-electron chi connectivity index (χ3n) is 3.78. The summed E-state index contributed by atoms with van der Waals surface area (Å²) >= 11 is 0. The molecule has 1 aliphatic rings. The molecular formula is C15H17FN4O2. The van der Waals surface area contributed by atoms with Gasteiger partial charge in [0.15, 0.2) is 0 Å². The Morgan fingerprint density at radius 1 is 1.45 bits per heavy atom. The zero-order valence-corrected chi connectivity index (χ0v) is 12.3. The second-order valence-electron chi connectivity index (χ2n) is 5.30. The SMILES string of the molecule is COCc1cn(C2CCN(C(=O)c3ccccc3F)C2)nn1. The number of hydrogen-bond donors (Lipinski definition) is 0. The molecule has 1 aromatic heterocycles. The summed E-state index contributed by atoms with van der Waals surface area (Å²) in [6.07, 6.45) is 2.60. The Hall–Kier alpha value is -2.28. The second-order valence-corrected chi connectivity index (χ2v) is 5.30. The van der Waals surface area contributed by atoms with E-state index in [1.54, 1.807) is 28.8 Å². The summed E-state index contributed by atoms with van der Waals surface area (Å²) in [4.78, 5) is 14.0. The fourth-order valence-electron chi connectivity index (χ4n) is 2.65. The van der Waals surface area contributed by atoms with E-state index in [4.69, 9.17) is 4.74 Å². The molecule has 1 aliphatic heterocycles. The lowest BCUT2D eigenvalue weighted by Crippen LogP contribution is -2.29. The van der Waals surface area contributed by atoms with Gasteiger partial charge in [-0.25, -0.2) is 9.07 Å². The van der Waals surface area contributed by atoms with Crippen LogP contribution in [-0.2, 0) is 11.3 Å². The third-order valence-corrected chi connectivity index (χ3v) is 3.78. The Balaban J connectivity index is 1.69. The van der Waals surface area contributed by atoms with Gasteiger partial charge in [-0.3, -0.25) is 4.79 Å². The number of methoxy groups -OCH3 is 1. The maximum atomic E-state index is 13.7. The van der Waals surface area contributed by atoms with Gasteiger partial charge in [0.2, 0.25) is 0 Å². The molecule has 2 heterocycles. The molecule has 1 unspecified atom stereocenters. The maximum Gasteiger partial charge on any atom is 0.256 e. The number of likely N-dealkylation sites (tertiary alicyclic amines) is 1. The quantitative estimate of drug-likeness (QED) is 0.862. The van der Waals surface area contributed by atoms with E-state index in [0.717, 1.165) is 12.1 Å². The number of carbonyl (C=O) groups excluding carboxylic acids is 1. The Labute approximate surface area is 127 Å². The zero-order chi connectivity index (χ0) is 15.5. The van der Waals surface area contributed by atoms with Crippen molar-refractivity contribution in [2.24, 2.45) is 0 Å². The maximum absolute atomic E-state index is 13.7. The predicted octanol–water partition coefficient (Wildman–Crippen LogP) is 1.65. The average molecular weight is 304 g/mol. The molecule has 1 saturated heterocycles. The number of aromatic nitrogens is 3. The molecule has 1 fully saturated rings. The zero-order valence-electron chi connectivity index (χ0n) is 12.3. The minimum atomic E-state index is -0.487. The topological polar surface area (TPSA) is 60.2 Å². The standard InChI is InChI=1S/C15H17FN4O2/c1-22-10-11-8-20(18-17-11)12-6-7-19(9-12)15(21)13-4-2-3-5-14(13)16/h2-5,8,12H,6-7,9-10H2,1H3. The van der Waals surface area contributed by atoms with Crippen LogP contribution in [0.2, 0.25) is 0 Å². The Morgan fingerprint density at radius 2 is 2.27 bits per heavy atom. The highest BCUT2D eigenvalue weighted by Crippen LogP contribution is 2.23. The van der Waals surface area contributed by atoms with Gasteiger partial charge < -0.3 is 9.64 Å². The first-order valence-corrected chi connectivity index (χ1v) is 7.12. The number of hydrogen-bond acceptors (Lipinski definition) is 4. The first kappa shape index (κ1) is 14.6. The van der Waals surface area contributed by atoms with Crippen LogP contribution in [0.15, 0.2) is 30.5 Å². The van der Waals surface area contributed by atoms with Gasteiger partial charge in [0.25, 0.3) is 5.91 Å². The van der Waals surface area contributed by atoms with E-state index in [2.05, 4.69) is 10.3 Å². The smallest absolute Gasteiger partial charge is 0.256 e. The minimum Gasteiger partial charge on any atom is -0.378 e. The fraction of sp³-hybridized carbons (Fsp3) is 0.400. The van der Waals surface area contributed by atoms with Crippen LogP contribution in [0.25, 0.3) is 0 Å². The van der Waals surface area contributed by atoms with E-state index >= 15 is 0 Å². The van der Waals surface area contributed by atoms with Gasteiger partial charge in [0.1, 0.15) is 11.5 Å². The summed E-state index contributed by atoms with van der Waals surface area (Å²) in [6.45, 7) is 1.49. The minimum absolute atomic E-state index is 0.0637. The monoisotopic (exact) mass is 304 g/mol. The fourth-order valence-corrected chi connectivity index (χ4v) is 2.65. The summed E-state index contributed by atoms with van der Waals surface area (Å²) in [6, 6.07) is 6.12. The van der Waals surface area contributed by atoms with Crippen molar-refractivity contribution in [2.75, 3.05) is 20.2 Å². The molecule has 6 nitrogen and oxygen atoms in total. The molecule has 0 saturated carbocycles. The predicted molar refractivity (Wildman–Crippen MR) is 76.7 cm³/mol. The summed E-state index contributed by atoms with van der Waals surface area (Å²) < 4.78 is 20.5. The van der Waals surface area contributed by atoms with Crippen molar-refractivity contribution < 1.29 is 13.9 Å². The number of halogens is 1. The van der Waals surface area contributed by atoms with Crippen LogP contribution in [-0.4, -0.2) is 46.0 Å². The summed E-state index contributed by atoms with van der Waals surface area (Å²) in [5.41, 5.74) is 0.864. The first-order chi connectivity index (χ1) is 10.7. The molecule has 22 heavy (non-hydrogen) atoms. The summed E-state index contributed by atoms with van der Waals surface area (Å²) in [7, 11) is 1.60. The highest BCUT2D eigenvalue weighted by Gasteiger charge is 2.29. The lowest BCUT2D eigenvalue weighted by molar-refractivity contribution is 0.0782. The molecule has 2 aromatic rings. The van der Waals surface area contributed by atoms with E-state index in [0.29, 0.717) is 19.7 Å². The number of rotatable bonds is 4. The summed E-state index contributed by atoms with van der Waals surface area (Å²) in [5.74, 6) is -0.767. The molecule has 0 radical (unpaired) electrons. The Morgan fingerprint density at radius 3 is 3.05 bits per heavy atom. The molecule has 1 atom stereocenters. The van der Waals surface area contributed by atoms with Crippen LogP contribution in [0.4, 0.5) is 4.39 Å². The highest BCUT2D eigenvalue weighted by molar-refractivity contribution is 5.94. The largest absolute Gasteiger partial charge is 0.378 e. The van der Waals surface area contributed by atoms with Gasteiger partial charge in [-0.2, -0.15) is 0 Å². The van der Waals surface area contributed by atoms with Gasteiger partial charge in [-0.05, 0) is 18.6 Å². The molecule has 0 N–H and O–H groups in total. The van der Waals surface area contributed by atoms with Gasteiger partial charge in [0, 0.05) is 20.2 Å². The molecule has 3 rings (SSSR count). The van der Waals surface area contributed by atoms with Crippen LogP contribution >= 0.6 is 0 Å². The van der Waals surface area contributed by atoms with E-state index in [9.17, 15) is 9.18 Å². The molecule has 116 valence electrons. The van der Waals surface area contributed by atoms with Crippen molar-refractivity contribution >= 4 is 5.91 Å². The third kappa shape index (κ3) is 2.85. The highest BCUT2D eigenvalue weighted by atomic mass is 19.1. The lowest BCUT2D eigenvalue weighted by atomic mass is 10.2. The van der Waals surface area contributed by atoms with E-state index in [1.165, 1.54) is 12.1 Å². The lowest BCUT2D eigenvalue weighted by Gasteiger charge is -2.16. The van der Waals surface area contributed by atoms with Crippen LogP contribution < -0.4 is 0 Å². The van der Waals surface area contributed by atoms with Crippen molar-refractivity contribution in [3.63, 3.8) is 0 Å². The Bertz CT molecular complexity index is 673. The Kier molecular flexibility index (Phi) is 4.15. The van der Waals surface area contributed by atoms with Gasteiger partial charge in [-0.15, -0.1) is 5.10 Å². The van der Waals surface area contributed by atoms with Crippen LogP contribution in [0, 0.1) is 5.82 Å². The molecule has 0 bridgehead atoms. The second kappa shape index (κ2) is 6.23. The van der Waals surface area contributed by atoms with Crippen molar-refractivity contribution in [2.45, 2.75) is 19.1 Å². The van der Waals surface area contributed by atoms with Crippen molar-refractivity contribution in [3.05, 3.63) is 47.5 Å². The number of amides is 1. The average Bonchev–Trinajstić information content (AvgIpc) is 3.16. The number of ether oxygens (including phenoxy) is 1. The molecular weight excluding hydrogens is 287 g/mol. The van der Waals surface area contributed by atoms with Gasteiger partial charge >= 0.3 is 0 Å². The molecule has 0 spiro atoms. The summed E-state index contributed by atoms with van der Waals surface area (Å²) in [5, 5.41) is 8.09. The van der Waals surface area contributed by atoms with Crippen LogP contribution in [0.5, 0.6) is 0 Å².